The number of likely N-dealkylation sites (tertiary alicyclic amines) is 1. The van der Waals surface area contributed by atoms with Crippen LogP contribution in [0.1, 0.15) is 29.8 Å². The van der Waals surface area contributed by atoms with E-state index in [1.807, 2.05) is 20.9 Å². The number of hydrogen-bond donors (Lipinski definition) is 2. The van der Waals surface area contributed by atoms with Crippen molar-refractivity contribution >= 4 is 27.5 Å². The molecule has 2 heterocycles. The third kappa shape index (κ3) is 4.88. The van der Waals surface area contributed by atoms with E-state index in [-0.39, 0.29) is 22.6 Å². The number of primary sulfonamides is 1. The zero-order valence-corrected chi connectivity index (χ0v) is 18.2. The highest BCUT2D eigenvalue weighted by Gasteiger charge is 2.28. The van der Waals surface area contributed by atoms with Crippen molar-refractivity contribution in [1.82, 2.24) is 14.7 Å². The molecule has 3 rings (SSSR count). The fraction of sp³-hybridized carbons (Fsp3) is 0.450. The van der Waals surface area contributed by atoms with Gasteiger partial charge in [0, 0.05) is 43.0 Å². The Morgan fingerprint density at radius 1 is 1.17 bits per heavy atom. The van der Waals surface area contributed by atoms with E-state index in [2.05, 4.69) is 10.4 Å². The highest BCUT2D eigenvalue weighted by molar-refractivity contribution is 7.89. The van der Waals surface area contributed by atoms with Crippen LogP contribution in [-0.4, -0.2) is 48.0 Å². The second-order valence-electron chi connectivity index (χ2n) is 7.66. The van der Waals surface area contributed by atoms with Crippen LogP contribution in [0.2, 0.25) is 0 Å². The van der Waals surface area contributed by atoms with Gasteiger partial charge in [0.25, 0.3) is 0 Å². The molecule has 9 nitrogen and oxygen atoms in total. The molecule has 0 bridgehead atoms. The Balaban J connectivity index is 1.53. The number of anilines is 1. The molecule has 1 aromatic heterocycles. The molecule has 0 radical (unpaired) electrons. The summed E-state index contributed by atoms with van der Waals surface area (Å²) in [5.74, 6) is -0.287. The van der Waals surface area contributed by atoms with Gasteiger partial charge in [-0.25, -0.2) is 13.6 Å². The minimum atomic E-state index is -3.77. The van der Waals surface area contributed by atoms with E-state index in [1.165, 1.54) is 24.3 Å². The van der Waals surface area contributed by atoms with Gasteiger partial charge >= 0.3 is 0 Å². The van der Waals surface area contributed by atoms with E-state index < -0.39 is 10.0 Å². The minimum Gasteiger partial charge on any atom is -0.342 e. The quantitative estimate of drug-likeness (QED) is 0.730. The minimum absolute atomic E-state index is 0.00795. The van der Waals surface area contributed by atoms with E-state index in [0.717, 1.165) is 17.0 Å². The van der Waals surface area contributed by atoms with Crippen molar-refractivity contribution in [2.75, 3.05) is 18.4 Å². The van der Waals surface area contributed by atoms with Gasteiger partial charge in [0.1, 0.15) is 0 Å². The van der Waals surface area contributed by atoms with Crippen molar-refractivity contribution in [3.63, 3.8) is 0 Å². The largest absolute Gasteiger partial charge is 0.342 e. The van der Waals surface area contributed by atoms with Crippen molar-refractivity contribution in [3.8, 4) is 0 Å². The Morgan fingerprint density at radius 2 is 1.77 bits per heavy atom. The molecule has 162 valence electrons. The summed E-state index contributed by atoms with van der Waals surface area (Å²) < 4.78 is 24.4. The maximum Gasteiger partial charge on any atom is 0.238 e. The molecular weight excluding hydrogens is 406 g/mol. The number of aromatic nitrogens is 2. The highest BCUT2D eigenvalue weighted by Crippen LogP contribution is 2.22. The number of benzene rings is 1. The molecule has 1 fully saturated rings. The fourth-order valence-electron chi connectivity index (χ4n) is 3.70. The van der Waals surface area contributed by atoms with E-state index in [1.54, 1.807) is 9.58 Å². The van der Waals surface area contributed by atoms with Crippen LogP contribution in [0, 0.1) is 19.8 Å². The van der Waals surface area contributed by atoms with Gasteiger partial charge in [-0.3, -0.25) is 14.3 Å². The van der Waals surface area contributed by atoms with Crippen molar-refractivity contribution < 1.29 is 18.0 Å². The molecule has 30 heavy (non-hydrogen) atoms. The second kappa shape index (κ2) is 8.57. The number of aryl methyl sites for hydroxylation is 2. The molecule has 2 aromatic rings. The molecule has 1 aliphatic heterocycles. The summed E-state index contributed by atoms with van der Waals surface area (Å²) in [6.07, 6.45) is 1.48. The van der Waals surface area contributed by atoms with Gasteiger partial charge < -0.3 is 10.2 Å². The number of nitrogens with one attached hydrogen (secondary N) is 1. The Morgan fingerprint density at radius 3 is 2.27 bits per heavy atom. The average molecular weight is 434 g/mol. The number of amides is 2. The molecule has 1 saturated heterocycles. The van der Waals surface area contributed by atoms with Crippen LogP contribution in [0.5, 0.6) is 0 Å². The van der Waals surface area contributed by atoms with Crippen LogP contribution in [0.3, 0.4) is 0 Å². The van der Waals surface area contributed by atoms with Crippen LogP contribution in [0.4, 0.5) is 5.69 Å². The summed E-state index contributed by atoms with van der Waals surface area (Å²) in [5, 5.41) is 12.2. The summed E-state index contributed by atoms with van der Waals surface area (Å²) in [6, 6.07) is 5.73. The molecule has 0 atom stereocenters. The second-order valence-corrected chi connectivity index (χ2v) is 9.22. The van der Waals surface area contributed by atoms with Crippen molar-refractivity contribution in [2.24, 2.45) is 18.1 Å². The first kappa shape index (κ1) is 22.0. The molecule has 10 heteroatoms. The average Bonchev–Trinajstić information content (AvgIpc) is 2.93. The lowest BCUT2D eigenvalue weighted by Gasteiger charge is -2.31. The van der Waals surface area contributed by atoms with E-state index >= 15 is 0 Å². The normalized spacial score (nSPS) is 15.3. The Kier molecular flexibility index (Phi) is 6.27. The molecule has 1 aliphatic rings. The van der Waals surface area contributed by atoms with E-state index in [0.29, 0.717) is 38.0 Å². The van der Waals surface area contributed by atoms with Crippen molar-refractivity contribution in [2.45, 2.75) is 38.0 Å². The molecular formula is C20H27N5O4S. The number of sulfonamides is 1. The lowest BCUT2D eigenvalue weighted by atomic mass is 9.95. The fourth-order valence-corrected chi connectivity index (χ4v) is 4.22. The SMILES string of the molecule is Cc1nn(C)c(C)c1CC(=O)N1CCC(C(=O)Nc2ccc(S(N)(=O)=O)cc2)CC1. The van der Waals surface area contributed by atoms with Crippen LogP contribution in [0.25, 0.3) is 0 Å². The number of rotatable bonds is 5. The third-order valence-corrected chi connectivity index (χ3v) is 6.58. The molecule has 3 N–H and O–H groups in total. The van der Waals surface area contributed by atoms with Crippen LogP contribution in [0.15, 0.2) is 29.2 Å². The van der Waals surface area contributed by atoms with Gasteiger partial charge in [-0.1, -0.05) is 0 Å². The zero-order valence-electron chi connectivity index (χ0n) is 17.4. The first-order valence-electron chi connectivity index (χ1n) is 9.77. The molecule has 0 aliphatic carbocycles. The summed E-state index contributed by atoms with van der Waals surface area (Å²) >= 11 is 0. The van der Waals surface area contributed by atoms with Crippen LogP contribution >= 0.6 is 0 Å². The first-order valence-corrected chi connectivity index (χ1v) is 11.3. The lowest BCUT2D eigenvalue weighted by molar-refractivity contribution is -0.133. The molecule has 0 unspecified atom stereocenters. The highest BCUT2D eigenvalue weighted by atomic mass is 32.2. The standard InChI is InChI=1S/C20H27N5O4S/c1-13-18(14(2)24(3)23-13)12-19(26)25-10-8-15(9-11-25)20(27)22-16-4-6-17(7-5-16)30(21,28)29/h4-7,15H,8-12H2,1-3H3,(H,22,27)(H2,21,28,29). The maximum atomic E-state index is 12.7. The molecule has 0 spiro atoms. The van der Waals surface area contributed by atoms with Crippen molar-refractivity contribution in [1.29, 1.82) is 0 Å². The lowest BCUT2D eigenvalue weighted by Crippen LogP contribution is -2.42. The maximum absolute atomic E-state index is 12.7. The molecule has 1 aromatic carbocycles. The van der Waals surface area contributed by atoms with Gasteiger partial charge in [-0.05, 0) is 51.0 Å². The van der Waals surface area contributed by atoms with Crippen LogP contribution in [-0.2, 0) is 33.1 Å². The summed E-state index contributed by atoms with van der Waals surface area (Å²) in [6.45, 7) is 4.91. The van der Waals surface area contributed by atoms with Crippen LogP contribution < -0.4 is 10.5 Å². The Labute approximate surface area is 176 Å². The molecule has 0 saturated carbocycles. The monoisotopic (exact) mass is 433 g/mol. The summed E-state index contributed by atoms with van der Waals surface area (Å²) in [5.41, 5.74) is 3.33. The van der Waals surface area contributed by atoms with Gasteiger partial charge in [-0.2, -0.15) is 5.10 Å². The number of nitrogens with two attached hydrogens (primary N) is 1. The number of carbonyl (C=O) groups excluding carboxylic acids is 2. The smallest absolute Gasteiger partial charge is 0.238 e. The van der Waals surface area contributed by atoms with Gasteiger partial charge in [0.15, 0.2) is 0 Å². The third-order valence-electron chi connectivity index (χ3n) is 5.66. The summed E-state index contributed by atoms with van der Waals surface area (Å²) in [4.78, 5) is 27.0. The predicted octanol–water partition coefficient (Wildman–Crippen LogP) is 1.10. The van der Waals surface area contributed by atoms with Gasteiger partial charge in [0.2, 0.25) is 21.8 Å². The van der Waals surface area contributed by atoms with E-state index in [4.69, 9.17) is 5.14 Å². The first-order chi connectivity index (χ1) is 14.1. The van der Waals surface area contributed by atoms with E-state index in [9.17, 15) is 18.0 Å². The number of carbonyl (C=O) groups is 2. The number of nitrogens with zero attached hydrogens (tertiary/aromatic N) is 3. The van der Waals surface area contributed by atoms with Gasteiger partial charge in [0.05, 0.1) is 17.0 Å². The topological polar surface area (TPSA) is 127 Å². The van der Waals surface area contributed by atoms with Gasteiger partial charge in [-0.15, -0.1) is 0 Å². The zero-order chi connectivity index (χ0) is 22.1. The molecule has 2 amide bonds. The van der Waals surface area contributed by atoms with Crippen molar-refractivity contribution in [3.05, 3.63) is 41.2 Å². The Bertz CT molecular complexity index is 1050. The summed E-state index contributed by atoms with van der Waals surface area (Å²) in [7, 11) is -1.90. The number of hydrogen-bond acceptors (Lipinski definition) is 5. The predicted molar refractivity (Wildman–Crippen MR) is 112 cm³/mol. The Hall–Kier alpha value is -2.72. The number of piperidine rings is 1.